The summed E-state index contributed by atoms with van der Waals surface area (Å²) in [5, 5.41) is 13.2. The number of nitrogens with zero attached hydrogens (tertiary/aromatic N) is 2. The van der Waals surface area contributed by atoms with Crippen molar-refractivity contribution >= 4 is 17.3 Å². The molecule has 17 heavy (non-hydrogen) atoms. The normalized spacial score (nSPS) is 20.3. The lowest BCUT2D eigenvalue weighted by Gasteiger charge is -2.36. The Morgan fingerprint density at radius 3 is 2.71 bits per heavy atom. The van der Waals surface area contributed by atoms with Crippen LogP contribution in [-0.4, -0.2) is 53.1 Å². The average Bonchev–Trinajstić information content (AvgIpc) is 2.82. The number of carboxylic acids is 1. The van der Waals surface area contributed by atoms with Crippen molar-refractivity contribution in [2.24, 2.45) is 0 Å². The Kier molecular flexibility index (Phi) is 4.15. The first-order chi connectivity index (χ1) is 8.16. The van der Waals surface area contributed by atoms with Gasteiger partial charge in [0.15, 0.2) is 0 Å². The first-order valence-corrected chi connectivity index (χ1v) is 6.81. The molecule has 0 radical (unpaired) electrons. The first-order valence-electron chi connectivity index (χ1n) is 5.87. The molecule has 0 bridgehead atoms. The molecule has 4 nitrogen and oxygen atoms in total. The van der Waals surface area contributed by atoms with Crippen LogP contribution in [0.2, 0.25) is 0 Å². The Balaban J connectivity index is 1.80. The highest BCUT2D eigenvalue weighted by Crippen LogP contribution is 2.12. The molecule has 1 aromatic rings. The molecule has 0 spiro atoms. The van der Waals surface area contributed by atoms with Gasteiger partial charge in [-0.2, -0.15) is 11.3 Å². The molecule has 0 saturated carbocycles. The van der Waals surface area contributed by atoms with Crippen LogP contribution < -0.4 is 0 Å². The molecule has 1 aliphatic heterocycles. The van der Waals surface area contributed by atoms with Crippen molar-refractivity contribution in [3.63, 3.8) is 0 Å². The number of thiophene rings is 1. The van der Waals surface area contributed by atoms with Gasteiger partial charge in [0.25, 0.3) is 0 Å². The molecule has 1 saturated heterocycles. The van der Waals surface area contributed by atoms with Gasteiger partial charge in [-0.25, -0.2) is 0 Å². The van der Waals surface area contributed by atoms with Crippen molar-refractivity contribution in [3.8, 4) is 0 Å². The van der Waals surface area contributed by atoms with Crippen LogP contribution in [0.3, 0.4) is 0 Å². The summed E-state index contributed by atoms with van der Waals surface area (Å²) < 4.78 is 0. The molecular weight excluding hydrogens is 236 g/mol. The fourth-order valence-corrected chi connectivity index (χ4v) is 2.77. The molecule has 5 heteroatoms. The van der Waals surface area contributed by atoms with E-state index < -0.39 is 5.97 Å². The van der Waals surface area contributed by atoms with E-state index in [0.29, 0.717) is 0 Å². The number of carbonyl (C=O) groups is 1. The number of hydrogen-bond acceptors (Lipinski definition) is 4. The van der Waals surface area contributed by atoms with Gasteiger partial charge in [0.05, 0.1) is 0 Å². The molecule has 2 heterocycles. The molecule has 2 rings (SSSR count). The van der Waals surface area contributed by atoms with Gasteiger partial charge in [-0.3, -0.25) is 14.6 Å². The highest BCUT2D eigenvalue weighted by Gasteiger charge is 2.24. The molecule has 1 N–H and O–H groups in total. The maximum absolute atomic E-state index is 10.9. The third-order valence-corrected chi connectivity index (χ3v) is 4.03. The number of piperazine rings is 1. The SMILES string of the molecule is CC(C(=O)O)N1CCN(Cc2ccsc2)CC1. The minimum atomic E-state index is -0.726. The summed E-state index contributed by atoms with van der Waals surface area (Å²) in [5.74, 6) is -0.726. The van der Waals surface area contributed by atoms with E-state index >= 15 is 0 Å². The summed E-state index contributed by atoms with van der Waals surface area (Å²) in [6.45, 7) is 6.34. The van der Waals surface area contributed by atoms with Gasteiger partial charge in [0.2, 0.25) is 0 Å². The van der Waals surface area contributed by atoms with Crippen molar-refractivity contribution in [2.75, 3.05) is 26.2 Å². The number of carboxylic acid groups (broad SMARTS) is 1. The highest BCUT2D eigenvalue weighted by molar-refractivity contribution is 7.07. The number of rotatable bonds is 4. The predicted octanol–water partition coefficient (Wildman–Crippen LogP) is 1.34. The summed E-state index contributed by atoms with van der Waals surface area (Å²) in [7, 11) is 0. The van der Waals surface area contributed by atoms with Crippen LogP contribution >= 0.6 is 11.3 Å². The quantitative estimate of drug-likeness (QED) is 0.880. The van der Waals surface area contributed by atoms with Crippen molar-refractivity contribution in [2.45, 2.75) is 19.5 Å². The second-order valence-corrected chi connectivity index (χ2v) is 5.24. The van der Waals surface area contributed by atoms with E-state index in [1.54, 1.807) is 18.3 Å². The lowest BCUT2D eigenvalue weighted by Crippen LogP contribution is -2.51. The summed E-state index contributed by atoms with van der Waals surface area (Å²) in [5.41, 5.74) is 1.36. The molecule has 0 aliphatic carbocycles. The van der Waals surface area contributed by atoms with E-state index in [1.165, 1.54) is 5.56 Å². The summed E-state index contributed by atoms with van der Waals surface area (Å²) in [6.07, 6.45) is 0. The third-order valence-electron chi connectivity index (χ3n) is 3.30. The van der Waals surface area contributed by atoms with Crippen LogP contribution in [0.5, 0.6) is 0 Å². The highest BCUT2D eigenvalue weighted by atomic mass is 32.1. The minimum absolute atomic E-state index is 0.363. The Hall–Kier alpha value is -0.910. The van der Waals surface area contributed by atoms with Crippen molar-refractivity contribution in [3.05, 3.63) is 22.4 Å². The molecule has 1 aliphatic rings. The van der Waals surface area contributed by atoms with Crippen molar-refractivity contribution in [1.82, 2.24) is 9.80 Å². The second kappa shape index (κ2) is 5.62. The maximum Gasteiger partial charge on any atom is 0.320 e. The molecule has 1 fully saturated rings. The van der Waals surface area contributed by atoms with Crippen LogP contribution in [0.25, 0.3) is 0 Å². The van der Waals surface area contributed by atoms with Crippen LogP contribution in [0.4, 0.5) is 0 Å². The largest absolute Gasteiger partial charge is 0.480 e. The summed E-state index contributed by atoms with van der Waals surface area (Å²) in [4.78, 5) is 15.3. The maximum atomic E-state index is 10.9. The van der Waals surface area contributed by atoms with Crippen LogP contribution in [0.1, 0.15) is 12.5 Å². The van der Waals surface area contributed by atoms with Gasteiger partial charge in [-0.05, 0) is 29.3 Å². The zero-order chi connectivity index (χ0) is 12.3. The fraction of sp³-hybridized carbons (Fsp3) is 0.583. The van der Waals surface area contributed by atoms with E-state index in [1.807, 2.05) is 4.90 Å². The average molecular weight is 254 g/mol. The molecular formula is C12H18N2O2S. The predicted molar refractivity (Wildman–Crippen MR) is 68.3 cm³/mol. The summed E-state index contributed by atoms with van der Waals surface area (Å²) in [6, 6.07) is 1.79. The monoisotopic (exact) mass is 254 g/mol. The van der Waals surface area contributed by atoms with E-state index in [-0.39, 0.29) is 6.04 Å². The lowest BCUT2D eigenvalue weighted by molar-refractivity contribution is -0.143. The zero-order valence-electron chi connectivity index (χ0n) is 10.0. The summed E-state index contributed by atoms with van der Waals surface area (Å²) >= 11 is 1.72. The van der Waals surface area contributed by atoms with Gasteiger partial charge in [-0.15, -0.1) is 0 Å². The number of hydrogen-bond donors (Lipinski definition) is 1. The van der Waals surface area contributed by atoms with Crippen molar-refractivity contribution < 1.29 is 9.90 Å². The number of aliphatic carboxylic acids is 1. The van der Waals surface area contributed by atoms with Crippen LogP contribution in [0, 0.1) is 0 Å². The first kappa shape index (κ1) is 12.5. The van der Waals surface area contributed by atoms with Gasteiger partial charge in [-0.1, -0.05) is 0 Å². The van der Waals surface area contributed by atoms with E-state index in [0.717, 1.165) is 32.7 Å². The smallest absolute Gasteiger partial charge is 0.320 e. The van der Waals surface area contributed by atoms with E-state index in [4.69, 9.17) is 5.11 Å². The standard InChI is InChI=1S/C12H18N2O2S/c1-10(12(15)16)14-5-3-13(4-6-14)8-11-2-7-17-9-11/h2,7,9-10H,3-6,8H2,1H3,(H,15,16). The lowest BCUT2D eigenvalue weighted by atomic mass is 10.2. The molecule has 94 valence electrons. The molecule has 0 amide bonds. The Bertz CT molecular complexity index is 359. The Morgan fingerprint density at radius 2 is 2.18 bits per heavy atom. The van der Waals surface area contributed by atoms with Gasteiger partial charge in [0.1, 0.15) is 6.04 Å². The third kappa shape index (κ3) is 3.28. The Morgan fingerprint density at radius 1 is 1.47 bits per heavy atom. The minimum Gasteiger partial charge on any atom is -0.480 e. The van der Waals surface area contributed by atoms with Crippen LogP contribution in [0.15, 0.2) is 16.8 Å². The van der Waals surface area contributed by atoms with E-state index in [2.05, 4.69) is 21.7 Å². The Labute approximate surface area is 105 Å². The van der Waals surface area contributed by atoms with E-state index in [9.17, 15) is 4.79 Å². The molecule has 1 unspecified atom stereocenters. The molecule has 0 aromatic carbocycles. The van der Waals surface area contributed by atoms with Crippen molar-refractivity contribution in [1.29, 1.82) is 0 Å². The van der Waals surface area contributed by atoms with Gasteiger partial charge < -0.3 is 5.11 Å². The second-order valence-electron chi connectivity index (χ2n) is 4.46. The van der Waals surface area contributed by atoms with Gasteiger partial charge in [0, 0.05) is 32.7 Å². The van der Waals surface area contributed by atoms with Crippen LogP contribution in [-0.2, 0) is 11.3 Å². The fourth-order valence-electron chi connectivity index (χ4n) is 2.11. The zero-order valence-corrected chi connectivity index (χ0v) is 10.8. The molecule has 1 aromatic heterocycles. The topological polar surface area (TPSA) is 43.8 Å². The van der Waals surface area contributed by atoms with Gasteiger partial charge >= 0.3 is 5.97 Å². The molecule has 1 atom stereocenters.